The molecule has 0 aromatic heterocycles. The van der Waals surface area contributed by atoms with E-state index in [0.29, 0.717) is 19.1 Å². The van der Waals surface area contributed by atoms with Gasteiger partial charge in [0.1, 0.15) is 5.75 Å². The zero-order chi connectivity index (χ0) is 15.2. The van der Waals surface area contributed by atoms with Crippen LogP contribution in [0.2, 0.25) is 0 Å². The van der Waals surface area contributed by atoms with Crippen LogP contribution in [0.15, 0.2) is 24.3 Å². The second kappa shape index (κ2) is 9.01. The molecule has 2 rings (SSSR count). The minimum atomic E-state index is -0.0167. The summed E-state index contributed by atoms with van der Waals surface area (Å²) in [4.78, 5) is 12.4. The number of rotatable bonds is 6. The van der Waals surface area contributed by atoms with E-state index in [4.69, 9.17) is 10.5 Å². The highest BCUT2D eigenvalue weighted by molar-refractivity contribution is 5.85. The van der Waals surface area contributed by atoms with E-state index in [2.05, 4.69) is 5.32 Å². The summed E-state index contributed by atoms with van der Waals surface area (Å²) in [7, 11) is 0. The summed E-state index contributed by atoms with van der Waals surface area (Å²) in [6.07, 6.45) is 3.14. The molecule has 1 aliphatic carbocycles. The Kier molecular flexibility index (Phi) is 7.69. The van der Waals surface area contributed by atoms with Gasteiger partial charge in [0.05, 0.1) is 12.6 Å². The molecule has 1 fully saturated rings. The topological polar surface area (TPSA) is 64.3 Å². The van der Waals surface area contributed by atoms with Crippen molar-refractivity contribution in [1.82, 2.24) is 5.32 Å². The molecule has 4 nitrogen and oxygen atoms in total. The van der Waals surface area contributed by atoms with Crippen molar-refractivity contribution in [2.24, 2.45) is 17.6 Å². The highest BCUT2D eigenvalue weighted by atomic mass is 35.5. The Morgan fingerprint density at radius 1 is 1.45 bits per heavy atom. The van der Waals surface area contributed by atoms with Crippen LogP contribution in [0, 0.1) is 11.8 Å². The fraction of sp³-hybridized carbons (Fsp3) is 0.588. The van der Waals surface area contributed by atoms with Crippen LogP contribution in [0.5, 0.6) is 5.75 Å². The average Bonchev–Trinajstić information content (AvgIpc) is 2.96. The van der Waals surface area contributed by atoms with E-state index in [9.17, 15) is 4.79 Å². The van der Waals surface area contributed by atoms with Crippen LogP contribution in [0.4, 0.5) is 0 Å². The van der Waals surface area contributed by atoms with Crippen molar-refractivity contribution in [1.29, 1.82) is 0 Å². The second-order valence-corrected chi connectivity index (χ2v) is 5.77. The van der Waals surface area contributed by atoms with Gasteiger partial charge >= 0.3 is 0 Å². The number of benzene rings is 1. The number of halogens is 1. The largest absolute Gasteiger partial charge is 0.494 e. The number of hydrogen-bond acceptors (Lipinski definition) is 3. The summed E-state index contributed by atoms with van der Waals surface area (Å²) in [5, 5.41) is 3.12. The lowest BCUT2D eigenvalue weighted by molar-refractivity contribution is -0.126. The van der Waals surface area contributed by atoms with E-state index in [1.807, 2.05) is 38.1 Å². The molecule has 1 aromatic rings. The first-order chi connectivity index (χ1) is 10.2. The molecule has 1 aliphatic rings. The Bertz CT molecular complexity index is 481. The van der Waals surface area contributed by atoms with E-state index in [1.54, 1.807) is 0 Å². The normalized spacial score (nSPS) is 21.8. The SMILES string of the molecule is CCOc1cccc(C(C)NC(=O)[C@@H]2CCC[C@@H]2CN)c1.Cl. The minimum absolute atomic E-state index is 0. The third-order valence-corrected chi connectivity index (χ3v) is 4.33. The molecular weight excluding hydrogens is 300 g/mol. The summed E-state index contributed by atoms with van der Waals surface area (Å²) in [5.41, 5.74) is 6.83. The lowest BCUT2D eigenvalue weighted by Crippen LogP contribution is -2.36. The molecule has 0 saturated heterocycles. The molecular formula is C17H27ClN2O2. The van der Waals surface area contributed by atoms with Gasteiger partial charge in [-0.3, -0.25) is 4.79 Å². The number of amides is 1. The van der Waals surface area contributed by atoms with Gasteiger partial charge < -0.3 is 15.8 Å². The fourth-order valence-corrected chi connectivity index (χ4v) is 3.11. The molecule has 0 radical (unpaired) electrons. The number of carbonyl (C=O) groups is 1. The molecule has 5 heteroatoms. The van der Waals surface area contributed by atoms with Gasteiger partial charge in [-0.25, -0.2) is 0 Å². The number of nitrogens with one attached hydrogen (secondary N) is 1. The van der Waals surface area contributed by atoms with Gasteiger partial charge in [0.2, 0.25) is 5.91 Å². The number of ether oxygens (including phenoxy) is 1. The lowest BCUT2D eigenvalue weighted by atomic mass is 9.94. The summed E-state index contributed by atoms with van der Waals surface area (Å²) in [5.74, 6) is 1.40. The van der Waals surface area contributed by atoms with Crippen molar-refractivity contribution >= 4 is 18.3 Å². The maximum absolute atomic E-state index is 12.4. The molecule has 0 bridgehead atoms. The molecule has 0 spiro atoms. The Morgan fingerprint density at radius 3 is 2.91 bits per heavy atom. The third-order valence-electron chi connectivity index (χ3n) is 4.33. The van der Waals surface area contributed by atoms with Gasteiger partial charge in [0, 0.05) is 5.92 Å². The molecule has 1 unspecified atom stereocenters. The number of hydrogen-bond donors (Lipinski definition) is 2. The molecule has 124 valence electrons. The highest BCUT2D eigenvalue weighted by Gasteiger charge is 2.32. The van der Waals surface area contributed by atoms with Gasteiger partial charge in [-0.1, -0.05) is 18.6 Å². The smallest absolute Gasteiger partial charge is 0.223 e. The molecule has 0 heterocycles. The molecule has 3 N–H and O–H groups in total. The van der Waals surface area contributed by atoms with Crippen LogP contribution in [0.25, 0.3) is 0 Å². The van der Waals surface area contributed by atoms with E-state index in [0.717, 1.165) is 30.6 Å². The Hall–Kier alpha value is -1.26. The van der Waals surface area contributed by atoms with Crippen LogP contribution >= 0.6 is 12.4 Å². The molecule has 3 atom stereocenters. The Labute approximate surface area is 139 Å². The third kappa shape index (κ3) is 4.62. The number of carbonyl (C=O) groups excluding carboxylic acids is 1. The van der Waals surface area contributed by atoms with Crippen LogP contribution in [-0.2, 0) is 4.79 Å². The van der Waals surface area contributed by atoms with E-state index >= 15 is 0 Å². The summed E-state index contributed by atoms with van der Waals surface area (Å²) in [6, 6.07) is 7.88. The first kappa shape index (κ1) is 18.8. The average molecular weight is 327 g/mol. The van der Waals surface area contributed by atoms with Crippen molar-refractivity contribution in [2.75, 3.05) is 13.2 Å². The summed E-state index contributed by atoms with van der Waals surface area (Å²) in [6.45, 7) is 5.22. The predicted molar refractivity (Wildman–Crippen MR) is 91.3 cm³/mol. The highest BCUT2D eigenvalue weighted by Crippen LogP contribution is 2.31. The maximum atomic E-state index is 12.4. The van der Waals surface area contributed by atoms with Crippen LogP contribution in [-0.4, -0.2) is 19.1 Å². The van der Waals surface area contributed by atoms with Crippen molar-refractivity contribution in [3.05, 3.63) is 29.8 Å². The van der Waals surface area contributed by atoms with Gasteiger partial charge in [0.15, 0.2) is 0 Å². The zero-order valence-corrected chi connectivity index (χ0v) is 14.2. The van der Waals surface area contributed by atoms with Gasteiger partial charge in [-0.05, 0) is 56.8 Å². The van der Waals surface area contributed by atoms with E-state index in [-0.39, 0.29) is 30.3 Å². The summed E-state index contributed by atoms with van der Waals surface area (Å²) >= 11 is 0. The van der Waals surface area contributed by atoms with Crippen LogP contribution in [0.3, 0.4) is 0 Å². The second-order valence-electron chi connectivity index (χ2n) is 5.77. The quantitative estimate of drug-likeness (QED) is 0.844. The first-order valence-corrected chi connectivity index (χ1v) is 7.89. The zero-order valence-electron chi connectivity index (χ0n) is 13.4. The maximum Gasteiger partial charge on any atom is 0.223 e. The molecule has 1 aromatic carbocycles. The standard InChI is InChI=1S/C17H26N2O2.ClH/c1-3-21-15-8-4-6-13(10-15)12(2)19-17(20)16-9-5-7-14(16)11-18;/h4,6,8,10,12,14,16H,3,5,7,9,11,18H2,1-2H3,(H,19,20);1H/t12?,14-,16-;/m1./s1. The fourth-order valence-electron chi connectivity index (χ4n) is 3.11. The van der Waals surface area contributed by atoms with Crippen LogP contribution in [0.1, 0.15) is 44.7 Å². The van der Waals surface area contributed by atoms with Crippen molar-refractivity contribution in [3.63, 3.8) is 0 Å². The Morgan fingerprint density at radius 2 is 2.23 bits per heavy atom. The van der Waals surface area contributed by atoms with Crippen LogP contribution < -0.4 is 15.8 Å². The molecule has 1 saturated carbocycles. The Balaban J connectivity index is 0.00000242. The van der Waals surface area contributed by atoms with Crippen molar-refractivity contribution < 1.29 is 9.53 Å². The molecule has 1 amide bonds. The van der Waals surface area contributed by atoms with Crippen molar-refractivity contribution in [3.8, 4) is 5.75 Å². The number of nitrogens with two attached hydrogens (primary N) is 1. The van der Waals surface area contributed by atoms with Crippen molar-refractivity contribution in [2.45, 2.75) is 39.2 Å². The molecule has 22 heavy (non-hydrogen) atoms. The van der Waals surface area contributed by atoms with Gasteiger partial charge in [-0.2, -0.15) is 0 Å². The monoisotopic (exact) mass is 326 g/mol. The molecule has 0 aliphatic heterocycles. The van der Waals surface area contributed by atoms with E-state index in [1.165, 1.54) is 0 Å². The van der Waals surface area contributed by atoms with Gasteiger partial charge in [-0.15, -0.1) is 12.4 Å². The first-order valence-electron chi connectivity index (χ1n) is 7.89. The van der Waals surface area contributed by atoms with E-state index < -0.39 is 0 Å². The lowest BCUT2D eigenvalue weighted by Gasteiger charge is -2.21. The predicted octanol–water partition coefficient (Wildman–Crippen LogP) is 3.06. The van der Waals surface area contributed by atoms with Gasteiger partial charge in [0.25, 0.3) is 0 Å². The minimum Gasteiger partial charge on any atom is -0.494 e. The summed E-state index contributed by atoms with van der Waals surface area (Å²) < 4.78 is 5.51.